The van der Waals surface area contributed by atoms with Gasteiger partial charge in [0, 0.05) is 23.3 Å². The monoisotopic (exact) mass is 443 g/mol. The van der Waals surface area contributed by atoms with Gasteiger partial charge in [0.2, 0.25) is 5.95 Å². The number of aromatic carboxylic acids is 1. The zero-order chi connectivity index (χ0) is 19.8. The molecule has 0 amide bonds. The Morgan fingerprint density at radius 2 is 2.18 bits per heavy atom. The molecule has 0 saturated carbocycles. The summed E-state index contributed by atoms with van der Waals surface area (Å²) >= 11 is 3.42. The van der Waals surface area contributed by atoms with Crippen molar-refractivity contribution < 1.29 is 14.6 Å². The van der Waals surface area contributed by atoms with E-state index in [0.29, 0.717) is 23.8 Å². The first-order valence-corrected chi connectivity index (χ1v) is 9.53. The van der Waals surface area contributed by atoms with Gasteiger partial charge in [-0.2, -0.15) is 5.10 Å². The zero-order valence-electron chi connectivity index (χ0n) is 15.4. The van der Waals surface area contributed by atoms with Gasteiger partial charge in [-0.15, -0.1) is 0 Å². The van der Waals surface area contributed by atoms with Gasteiger partial charge in [0.15, 0.2) is 5.69 Å². The van der Waals surface area contributed by atoms with Gasteiger partial charge >= 0.3 is 5.97 Å². The smallest absolute Gasteiger partial charge is 0.356 e. The van der Waals surface area contributed by atoms with Crippen molar-refractivity contribution in [3.05, 3.63) is 45.7 Å². The second-order valence-corrected chi connectivity index (χ2v) is 7.41. The first-order valence-electron chi connectivity index (χ1n) is 8.74. The molecule has 1 aliphatic carbocycles. The quantitative estimate of drug-likeness (QED) is 0.634. The summed E-state index contributed by atoms with van der Waals surface area (Å²) in [6.07, 6.45) is 4.04. The summed E-state index contributed by atoms with van der Waals surface area (Å²) in [5.41, 5.74) is 3.97. The Bertz CT molecular complexity index is 1080. The fourth-order valence-corrected chi connectivity index (χ4v) is 3.81. The van der Waals surface area contributed by atoms with Crippen LogP contribution >= 0.6 is 15.9 Å². The van der Waals surface area contributed by atoms with Crippen LogP contribution in [0.2, 0.25) is 0 Å². The lowest BCUT2D eigenvalue weighted by molar-refractivity contribution is 0.0688. The molecule has 3 aromatic rings. The molecule has 2 aromatic heterocycles. The molecule has 0 bridgehead atoms. The summed E-state index contributed by atoms with van der Waals surface area (Å²) in [5, 5.41) is 16.9. The molecular weight excluding hydrogens is 426 g/mol. The van der Waals surface area contributed by atoms with Crippen LogP contribution in [0.1, 0.15) is 28.0 Å². The van der Waals surface area contributed by atoms with E-state index in [4.69, 9.17) is 9.72 Å². The Balaban J connectivity index is 1.79. The van der Waals surface area contributed by atoms with Crippen molar-refractivity contribution in [2.45, 2.75) is 19.3 Å². The molecule has 0 aliphatic heterocycles. The topological polar surface area (TPSA) is 102 Å². The van der Waals surface area contributed by atoms with Crippen molar-refractivity contribution in [3.63, 3.8) is 0 Å². The number of benzene rings is 1. The van der Waals surface area contributed by atoms with E-state index >= 15 is 0 Å². The van der Waals surface area contributed by atoms with Crippen LogP contribution < -0.4 is 10.1 Å². The van der Waals surface area contributed by atoms with E-state index in [0.717, 1.165) is 39.8 Å². The fourth-order valence-electron chi connectivity index (χ4n) is 3.47. The molecule has 0 spiro atoms. The number of rotatable bonds is 4. The minimum atomic E-state index is -1.02. The van der Waals surface area contributed by atoms with Gasteiger partial charge in [0.05, 0.1) is 24.2 Å². The van der Waals surface area contributed by atoms with Gasteiger partial charge in [0.25, 0.3) is 0 Å². The molecule has 0 saturated heterocycles. The molecule has 9 heteroatoms. The molecule has 0 radical (unpaired) electrons. The Labute approximate surface area is 169 Å². The standard InChI is InChI=1S/C19H18BrN5O3/c1-25-17-12(16(24-25)18(26)27)5-3-4-10-9-21-19(23-15(10)17)22-13-7-6-11(20)8-14(13)28-2/h6-9H,3-5H2,1-2H3,(H,26,27)(H,21,22,23). The Kier molecular flexibility index (Phi) is 4.76. The number of nitrogens with one attached hydrogen (secondary N) is 1. The van der Waals surface area contributed by atoms with Gasteiger partial charge < -0.3 is 15.2 Å². The van der Waals surface area contributed by atoms with Crippen molar-refractivity contribution in [2.75, 3.05) is 12.4 Å². The predicted molar refractivity (Wildman–Crippen MR) is 107 cm³/mol. The number of hydrogen-bond acceptors (Lipinski definition) is 6. The van der Waals surface area contributed by atoms with E-state index in [1.807, 2.05) is 18.2 Å². The van der Waals surface area contributed by atoms with E-state index in [-0.39, 0.29) is 5.69 Å². The molecule has 2 N–H and O–H groups in total. The molecule has 28 heavy (non-hydrogen) atoms. The average Bonchev–Trinajstić information content (AvgIpc) is 2.88. The highest BCUT2D eigenvalue weighted by Crippen LogP contribution is 2.34. The van der Waals surface area contributed by atoms with Crippen molar-refractivity contribution in [1.82, 2.24) is 19.7 Å². The maximum Gasteiger partial charge on any atom is 0.356 e. The number of methoxy groups -OCH3 is 1. The van der Waals surface area contributed by atoms with Gasteiger partial charge in [-0.05, 0) is 43.0 Å². The third kappa shape index (κ3) is 3.22. The second-order valence-electron chi connectivity index (χ2n) is 6.50. The lowest BCUT2D eigenvalue weighted by atomic mass is 10.1. The van der Waals surface area contributed by atoms with Crippen molar-refractivity contribution in [1.29, 1.82) is 0 Å². The van der Waals surface area contributed by atoms with E-state index in [1.165, 1.54) is 0 Å². The maximum absolute atomic E-state index is 11.6. The molecule has 0 atom stereocenters. The Morgan fingerprint density at radius 1 is 1.36 bits per heavy atom. The number of nitrogens with zero attached hydrogens (tertiary/aromatic N) is 4. The van der Waals surface area contributed by atoms with Crippen LogP contribution in [0.3, 0.4) is 0 Å². The molecule has 8 nitrogen and oxygen atoms in total. The first kappa shape index (κ1) is 18.4. The largest absolute Gasteiger partial charge is 0.495 e. The number of carbonyl (C=O) groups is 1. The van der Waals surface area contributed by atoms with Gasteiger partial charge in [0.1, 0.15) is 5.75 Å². The summed E-state index contributed by atoms with van der Waals surface area (Å²) in [6.45, 7) is 0. The molecule has 0 fully saturated rings. The average molecular weight is 444 g/mol. The van der Waals surface area contributed by atoms with Crippen LogP contribution in [0.15, 0.2) is 28.9 Å². The molecule has 144 valence electrons. The molecule has 4 rings (SSSR count). The Hall–Kier alpha value is -2.94. The molecule has 2 heterocycles. The zero-order valence-corrected chi connectivity index (χ0v) is 16.9. The maximum atomic E-state index is 11.6. The fraction of sp³-hybridized carbons (Fsp3) is 0.263. The lowest BCUT2D eigenvalue weighted by Gasteiger charge is -2.13. The highest BCUT2D eigenvalue weighted by Gasteiger charge is 2.27. The minimum absolute atomic E-state index is 0.0908. The number of ether oxygens (including phenoxy) is 1. The SMILES string of the molecule is COc1cc(Br)ccc1Nc1ncc2c(n1)-c1c(c(C(=O)O)nn1C)CCC2. The van der Waals surface area contributed by atoms with Crippen LogP contribution in [0, 0.1) is 0 Å². The summed E-state index contributed by atoms with van der Waals surface area (Å²) < 4.78 is 7.91. The van der Waals surface area contributed by atoms with Crippen LogP contribution in [-0.2, 0) is 19.9 Å². The van der Waals surface area contributed by atoms with Crippen LogP contribution in [-0.4, -0.2) is 37.9 Å². The normalized spacial score (nSPS) is 12.7. The van der Waals surface area contributed by atoms with Crippen molar-refractivity contribution in [3.8, 4) is 17.1 Å². The van der Waals surface area contributed by atoms with E-state index in [1.54, 1.807) is 25.0 Å². The number of halogens is 1. The number of carboxylic acids is 1. The highest BCUT2D eigenvalue weighted by atomic mass is 79.9. The lowest BCUT2D eigenvalue weighted by Crippen LogP contribution is -2.05. The summed E-state index contributed by atoms with van der Waals surface area (Å²) in [5.74, 6) is 0.0416. The summed E-state index contributed by atoms with van der Waals surface area (Å²) in [4.78, 5) is 20.7. The molecule has 0 unspecified atom stereocenters. The minimum Gasteiger partial charge on any atom is -0.495 e. The first-order chi connectivity index (χ1) is 13.5. The van der Waals surface area contributed by atoms with Gasteiger partial charge in [-0.1, -0.05) is 15.9 Å². The van der Waals surface area contributed by atoms with E-state index in [9.17, 15) is 9.90 Å². The Morgan fingerprint density at radius 3 is 2.93 bits per heavy atom. The second kappa shape index (κ2) is 7.23. The highest BCUT2D eigenvalue weighted by molar-refractivity contribution is 9.10. The van der Waals surface area contributed by atoms with E-state index in [2.05, 4.69) is 31.3 Å². The van der Waals surface area contributed by atoms with Crippen molar-refractivity contribution >= 4 is 33.5 Å². The molecule has 1 aliphatic rings. The number of carboxylic acid groups (broad SMARTS) is 1. The summed E-state index contributed by atoms with van der Waals surface area (Å²) in [6, 6.07) is 5.62. The number of aromatic nitrogens is 4. The van der Waals surface area contributed by atoms with Gasteiger partial charge in [-0.3, -0.25) is 4.68 Å². The van der Waals surface area contributed by atoms with Crippen LogP contribution in [0.5, 0.6) is 5.75 Å². The van der Waals surface area contributed by atoms with Crippen molar-refractivity contribution in [2.24, 2.45) is 7.05 Å². The van der Waals surface area contributed by atoms with Crippen LogP contribution in [0.25, 0.3) is 11.4 Å². The third-order valence-corrected chi connectivity index (χ3v) is 5.21. The molecular formula is C19H18BrN5O3. The number of fused-ring (bicyclic) bond motifs is 3. The third-order valence-electron chi connectivity index (χ3n) is 4.72. The predicted octanol–water partition coefficient (Wildman–Crippen LogP) is 3.58. The number of aryl methyl sites for hydroxylation is 2. The van der Waals surface area contributed by atoms with Crippen LogP contribution in [0.4, 0.5) is 11.6 Å². The number of hydrogen-bond donors (Lipinski definition) is 2. The van der Waals surface area contributed by atoms with E-state index < -0.39 is 5.97 Å². The molecule has 1 aromatic carbocycles. The number of anilines is 2. The van der Waals surface area contributed by atoms with Gasteiger partial charge in [-0.25, -0.2) is 14.8 Å². The summed E-state index contributed by atoms with van der Waals surface area (Å²) in [7, 11) is 3.34.